The van der Waals surface area contributed by atoms with E-state index in [1.54, 1.807) is 71.2 Å². The van der Waals surface area contributed by atoms with Gasteiger partial charge in [0.1, 0.15) is 5.75 Å². The first-order chi connectivity index (χ1) is 29.4. The number of aryl methyl sites for hydroxylation is 1. The first kappa shape index (κ1) is 45.0. The molecule has 61 heavy (non-hydrogen) atoms. The monoisotopic (exact) mass is 938 g/mol. The molecule has 0 spiro atoms. The second-order valence-corrected chi connectivity index (χ2v) is 21.0. The zero-order valence-electron chi connectivity index (χ0n) is 34.0. The van der Waals surface area contributed by atoms with Gasteiger partial charge in [0, 0.05) is 86.0 Å². The fraction of sp³-hybridized carbons (Fsp3) is 0.318. The number of benzene rings is 4. The number of sulfonamides is 2. The van der Waals surface area contributed by atoms with Crippen LogP contribution in [-0.2, 0) is 39.3 Å². The molecule has 4 heterocycles. The summed E-state index contributed by atoms with van der Waals surface area (Å²) in [6.07, 6.45) is 2.61. The average Bonchev–Trinajstić information content (AvgIpc) is 3.95. The van der Waals surface area contributed by atoms with Crippen molar-refractivity contribution >= 4 is 76.2 Å². The summed E-state index contributed by atoms with van der Waals surface area (Å²) in [6.45, 7) is 9.01. The number of hydrogen-bond donors (Lipinski definition) is 0. The Morgan fingerprint density at radius 1 is 0.541 bits per heavy atom. The number of halogens is 2. The van der Waals surface area contributed by atoms with Gasteiger partial charge >= 0.3 is 0 Å². The minimum absolute atomic E-state index is 0.275. The number of piperazine rings is 2. The Morgan fingerprint density at radius 3 is 1.30 bits per heavy atom. The van der Waals surface area contributed by atoms with Crippen LogP contribution in [0.3, 0.4) is 0 Å². The highest BCUT2D eigenvalue weighted by molar-refractivity contribution is 7.89. The predicted octanol–water partition coefficient (Wildman–Crippen LogP) is 8.76. The lowest BCUT2D eigenvalue weighted by atomic mass is 10.1. The summed E-state index contributed by atoms with van der Waals surface area (Å²) >= 11 is 15.0. The van der Waals surface area contributed by atoms with Crippen LogP contribution in [0.4, 0.5) is 10.3 Å². The van der Waals surface area contributed by atoms with Crippen molar-refractivity contribution in [1.82, 2.24) is 18.6 Å². The summed E-state index contributed by atoms with van der Waals surface area (Å²) < 4.78 is 60.0. The molecule has 17 heteroatoms. The molecule has 4 aromatic carbocycles. The van der Waals surface area contributed by atoms with Gasteiger partial charge < -0.3 is 14.5 Å². The van der Waals surface area contributed by atoms with Crippen LogP contribution >= 0.6 is 45.9 Å². The molecule has 6 aromatic rings. The molecule has 0 amide bonds. The molecule has 8 rings (SSSR count). The van der Waals surface area contributed by atoms with Crippen LogP contribution in [0.2, 0.25) is 10.0 Å². The van der Waals surface area contributed by atoms with E-state index in [1.807, 2.05) is 19.1 Å². The second-order valence-electron chi connectivity index (χ2n) is 14.5. The quantitative estimate of drug-likeness (QED) is 0.112. The SMILES string of the molecule is CCOc1ccc(Cc2csc(N3CCN(S(=O)(=O)c4ccc(Cl)cc4)CC3)n2)cc1.CCc1ccc(Cc2csc(N3CCN(S(=O)(=O)c4ccc(Cl)cc4)CC3)n2)cc1. The van der Waals surface area contributed by atoms with Crippen LogP contribution in [0.25, 0.3) is 0 Å². The van der Waals surface area contributed by atoms with E-state index in [2.05, 4.69) is 63.9 Å². The summed E-state index contributed by atoms with van der Waals surface area (Å²) in [5, 5.41) is 7.11. The molecule has 0 N–H and O–H groups in total. The minimum Gasteiger partial charge on any atom is -0.494 e. The number of thiazole rings is 2. The molecule has 2 fully saturated rings. The van der Waals surface area contributed by atoms with Gasteiger partial charge in [-0.3, -0.25) is 0 Å². The van der Waals surface area contributed by atoms with E-state index in [1.165, 1.54) is 25.3 Å². The molecule has 0 bridgehead atoms. The highest BCUT2D eigenvalue weighted by atomic mass is 35.5. The van der Waals surface area contributed by atoms with E-state index in [4.69, 9.17) is 37.9 Å². The molecular formula is C44H48Cl2N6O5S4. The Labute approximate surface area is 377 Å². The molecule has 2 aromatic heterocycles. The fourth-order valence-corrected chi connectivity index (χ4v) is 11.8. The summed E-state index contributed by atoms with van der Waals surface area (Å²) in [4.78, 5) is 14.4. The van der Waals surface area contributed by atoms with Gasteiger partial charge in [-0.25, -0.2) is 26.8 Å². The van der Waals surface area contributed by atoms with E-state index in [0.717, 1.165) is 46.7 Å². The molecule has 0 atom stereocenters. The van der Waals surface area contributed by atoms with Gasteiger partial charge in [0.05, 0.1) is 27.8 Å². The molecular weight excluding hydrogens is 892 g/mol. The van der Waals surface area contributed by atoms with Crippen LogP contribution in [0.15, 0.2) is 118 Å². The third kappa shape index (κ3) is 11.5. The van der Waals surface area contributed by atoms with Crippen molar-refractivity contribution in [3.05, 3.63) is 146 Å². The molecule has 0 saturated carbocycles. The third-order valence-electron chi connectivity index (χ3n) is 10.4. The maximum atomic E-state index is 12.9. The number of nitrogens with zero attached hydrogens (tertiary/aromatic N) is 6. The number of rotatable bonds is 13. The molecule has 2 aliphatic heterocycles. The largest absolute Gasteiger partial charge is 0.494 e. The number of hydrogen-bond acceptors (Lipinski definition) is 11. The zero-order valence-corrected chi connectivity index (χ0v) is 38.8. The fourth-order valence-electron chi connectivity index (χ4n) is 6.98. The molecule has 2 aliphatic rings. The van der Waals surface area contributed by atoms with Crippen molar-refractivity contribution in [1.29, 1.82) is 0 Å². The zero-order chi connectivity index (χ0) is 43.0. The smallest absolute Gasteiger partial charge is 0.243 e. The summed E-state index contributed by atoms with van der Waals surface area (Å²) in [6, 6.07) is 29.4. The minimum atomic E-state index is -3.51. The lowest BCUT2D eigenvalue weighted by Gasteiger charge is -2.33. The lowest BCUT2D eigenvalue weighted by Crippen LogP contribution is -2.48. The van der Waals surface area contributed by atoms with E-state index in [-0.39, 0.29) is 9.79 Å². The highest BCUT2D eigenvalue weighted by Crippen LogP contribution is 2.28. The van der Waals surface area contributed by atoms with E-state index < -0.39 is 20.0 Å². The summed E-state index contributed by atoms with van der Waals surface area (Å²) in [5.41, 5.74) is 5.84. The predicted molar refractivity (Wildman–Crippen MR) is 248 cm³/mol. The molecule has 0 radical (unpaired) electrons. The Bertz CT molecular complexity index is 2560. The maximum Gasteiger partial charge on any atom is 0.243 e. The van der Waals surface area contributed by atoms with Crippen LogP contribution in [0, 0.1) is 0 Å². The lowest BCUT2D eigenvalue weighted by molar-refractivity contribution is 0.340. The van der Waals surface area contributed by atoms with Gasteiger partial charge in [0.15, 0.2) is 10.3 Å². The van der Waals surface area contributed by atoms with Crippen LogP contribution in [0.5, 0.6) is 5.75 Å². The third-order valence-corrected chi connectivity index (χ3v) is 16.7. The second kappa shape index (κ2) is 20.4. The van der Waals surface area contributed by atoms with Crippen molar-refractivity contribution in [3.63, 3.8) is 0 Å². The van der Waals surface area contributed by atoms with E-state index in [0.29, 0.717) is 69.0 Å². The van der Waals surface area contributed by atoms with Crippen molar-refractivity contribution < 1.29 is 21.6 Å². The molecule has 0 unspecified atom stereocenters. The Balaban J connectivity index is 0.000000184. The van der Waals surface area contributed by atoms with Crippen molar-refractivity contribution in [2.45, 2.75) is 42.9 Å². The average molecular weight is 940 g/mol. The van der Waals surface area contributed by atoms with Gasteiger partial charge in [-0.1, -0.05) is 66.5 Å². The first-order valence-corrected chi connectivity index (χ1v) is 25.5. The van der Waals surface area contributed by atoms with Crippen LogP contribution in [-0.4, -0.2) is 94.4 Å². The topological polar surface area (TPSA) is 116 Å². The molecule has 11 nitrogen and oxygen atoms in total. The Kier molecular flexibility index (Phi) is 15.1. The van der Waals surface area contributed by atoms with Gasteiger partial charge in [0.2, 0.25) is 20.0 Å². The van der Waals surface area contributed by atoms with Crippen molar-refractivity contribution in [2.75, 3.05) is 68.8 Å². The number of anilines is 2. The van der Waals surface area contributed by atoms with Crippen molar-refractivity contribution in [3.8, 4) is 5.75 Å². The Morgan fingerprint density at radius 2 is 0.918 bits per heavy atom. The molecule has 2 saturated heterocycles. The van der Waals surface area contributed by atoms with E-state index >= 15 is 0 Å². The normalized spacial score (nSPS) is 15.3. The van der Waals surface area contributed by atoms with Crippen LogP contribution in [0.1, 0.15) is 41.9 Å². The summed E-state index contributed by atoms with van der Waals surface area (Å²) in [5.74, 6) is 0.872. The van der Waals surface area contributed by atoms with Gasteiger partial charge in [-0.2, -0.15) is 8.61 Å². The van der Waals surface area contributed by atoms with Gasteiger partial charge in [0.25, 0.3) is 0 Å². The number of ether oxygens (including phenoxy) is 1. The van der Waals surface area contributed by atoms with Gasteiger partial charge in [-0.15, -0.1) is 22.7 Å². The van der Waals surface area contributed by atoms with Gasteiger partial charge in [-0.05, 0) is 90.7 Å². The van der Waals surface area contributed by atoms with Crippen LogP contribution < -0.4 is 14.5 Å². The standard InChI is InChI=1S/C22H24ClN3O3S2.C22H24ClN3O2S2/c1-2-29-20-7-3-17(4-8-20)15-19-16-30-22(24-19)25-11-13-26(14-12-25)31(27,28)21-9-5-18(23)6-10-21;1-2-17-3-5-18(6-4-17)15-20-16-29-22(24-20)25-11-13-26(14-12-25)30(27,28)21-9-7-19(23)8-10-21/h3-10,16H,2,11-15H2,1H3;3-10,16H,2,11-15H2,1H3. The maximum absolute atomic E-state index is 12.9. The number of aromatic nitrogens is 2. The summed E-state index contributed by atoms with van der Waals surface area (Å²) in [7, 11) is -7.00. The van der Waals surface area contributed by atoms with Crippen molar-refractivity contribution in [2.24, 2.45) is 0 Å². The first-order valence-electron chi connectivity index (χ1n) is 20.1. The Hall–Kier alpha value is -4.06. The van der Waals surface area contributed by atoms with E-state index in [9.17, 15) is 16.8 Å². The molecule has 322 valence electrons. The molecule has 0 aliphatic carbocycles. The highest BCUT2D eigenvalue weighted by Gasteiger charge is 2.31.